The first-order chi connectivity index (χ1) is 9.54. The van der Waals surface area contributed by atoms with Crippen molar-refractivity contribution in [2.75, 3.05) is 44.5 Å². The average molecular weight is 298 g/mol. The summed E-state index contributed by atoms with van der Waals surface area (Å²) < 4.78 is 10.9. The summed E-state index contributed by atoms with van der Waals surface area (Å²) in [5, 5.41) is 0.917. The Hall–Kier alpha value is -1.27. The lowest BCUT2D eigenvalue weighted by Gasteiger charge is -2.27. The Kier molecular flexibility index (Phi) is 4.88. The van der Waals surface area contributed by atoms with Gasteiger partial charge in [0.05, 0.1) is 24.3 Å². The van der Waals surface area contributed by atoms with Gasteiger partial charge < -0.3 is 20.1 Å². The molecule has 1 saturated heterocycles. The molecule has 0 bridgehead atoms. The Labute approximate surface area is 123 Å². The number of ether oxygens (including phenoxy) is 2. The van der Waals surface area contributed by atoms with Crippen LogP contribution in [0.15, 0.2) is 0 Å². The van der Waals surface area contributed by atoms with Gasteiger partial charge in [0.1, 0.15) is 5.00 Å². The number of nitrogens with two attached hydrogens (primary N) is 1. The van der Waals surface area contributed by atoms with Crippen LogP contribution in [0, 0.1) is 5.92 Å². The predicted molar refractivity (Wildman–Crippen MR) is 82.1 cm³/mol. The number of anilines is 2. The number of hydrogen-bond donors (Lipinski definition) is 1. The van der Waals surface area contributed by atoms with Crippen LogP contribution < -0.4 is 15.4 Å². The first-order valence-corrected chi connectivity index (χ1v) is 7.62. The van der Waals surface area contributed by atoms with Crippen LogP contribution in [-0.2, 0) is 4.74 Å². The number of nitrogens with zero attached hydrogens (tertiary/aromatic N) is 1. The molecule has 0 saturated carbocycles. The molecule has 0 aromatic carbocycles. The molecule has 20 heavy (non-hydrogen) atoms. The van der Waals surface area contributed by atoms with Crippen molar-refractivity contribution in [2.45, 2.75) is 19.8 Å². The second kappa shape index (κ2) is 6.45. The Morgan fingerprint density at radius 3 is 2.90 bits per heavy atom. The summed E-state index contributed by atoms with van der Waals surface area (Å²) in [5.74, 6) is 1.11. The van der Waals surface area contributed by atoms with Crippen LogP contribution >= 0.6 is 11.3 Å². The number of hydrogen-bond acceptors (Lipinski definition) is 6. The lowest BCUT2D eigenvalue weighted by molar-refractivity contribution is 0.0576. The zero-order valence-electron chi connectivity index (χ0n) is 12.3. The predicted octanol–water partition coefficient (Wildman–Crippen LogP) is 2.40. The number of methoxy groups -OCH3 is 1. The SMILES string of the molecule is COc1c(N(C)CC2CCCOC2)sc(C(C)=O)c1N. The van der Waals surface area contributed by atoms with Gasteiger partial charge in [0.25, 0.3) is 0 Å². The molecular formula is C14H22N2O3S. The van der Waals surface area contributed by atoms with E-state index in [1.54, 1.807) is 7.11 Å². The van der Waals surface area contributed by atoms with Gasteiger partial charge in [-0.05, 0) is 18.8 Å². The molecule has 0 spiro atoms. The van der Waals surface area contributed by atoms with E-state index in [2.05, 4.69) is 4.90 Å². The molecule has 0 amide bonds. The monoisotopic (exact) mass is 298 g/mol. The Morgan fingerprint density at radius 2 is 2.35 bits per heavy atom. The van der Waals surface area contributed by atoms with Gasteiger partial charge in [-0.2, -0.15) is 0 Å². The van der Waals surface area contributed by atoms with Crippen molar-refractivity contribution in [3.63, 3.8) is 0 Å². The molecule has 1 unspecified atom stereocenters. The van der Waals surface area contributed by atoms with Gasteiger partial charge in [-0.15, -0.1) is 11.3 Å². The molecule has 0 aliphatic carbocycles. The molecule has 1 aromatic rings. The zero-order chi connectivity index (χ0) is 14.7. The quantitative estimate of drug-likeness (QED) is 0.846. The lowest BCUT2D eigenvalue weighted by Crippen LogP contribution is -2.30. The summed E-state index contributed by atoms with van der Waals surface area (Å²) in [7, 11) is 3.59. The number of carbonyl (C=O) groups is 1. The molecule has 6 heteroatoms. The third kappa shape index (κ3) is 3.07. The van der Waals surface area contributed by atoms with Crippen molar-refractivity contribution in [3.05, 3.63) is 4.88 Å². The molecule has 0 radical (unpaired) electrons. The highest BCUT2D eigenvalue weighted by Crippen LogP contribution is 2.44. The molecule has 2 rings (SSSR count). The number of Topliss-reactive ketones (excluding diaryl/α,β-unsaturated/α-hetero) is 1. The van der Waals surface area contributed by atoms with Crippen LogP contribution in [0.25, 0.3) is 0 Å². The van der Waals surface area contributed by atoms with E-state index in [1.165, 1.54) is 24.7 Å². The molecule has 1 aliphatic heterocycles. The maximum Gasteiger partial charge on any atom is 0.177 e. The fourth-order valence-corrected chi connectivity index (χ4v) is 3.60. The minimum atomic E-state index is -0.0218. The molecule has 112 valence electrons. The molecule has 5 nitrogen and oxygen atoms in total. The number of ketones is 1. The first kappa shape index (κ1) is 15.1. The topological polar surface area (TPSA) is 64.8 Å². The number of rotatable bonds is 5. The van der Waals surface area contributed by atoms with E-state index in [0.29, 0.717) is 22.2 Å². The van der Waals surface area contributed by atoms with E-state index in [4.69, 9.17) is 15.2 Å². The fraction of sp³-hybridized carbons (Fsp3) is 0.643. The summed E-state index contributed by atoms with van der Waals surface area (Å²) in [6.45, 7) is 4.07. The molecule has 2 heterocycles. The van der Waals surface area contributed by atoms with Crippen molar-refractivity contribution in [3.8, 4) is 5.75 Å². The Bertz CT molecular complexity index is 481. The normalized spacial score (nSPS) is 18.9. The standard InChI is InChI=1S/C14H22N2O3S/c1-9(17)13-11(15)12(18-3)14(20-13)16(2)7-10-5-4-6-19-8-10/h10H,4-8,15H2,1-3H3. The van der Waals surface area contributed by atoms with E-state index in [-0.39, 0.29) is 5.78 Å². The third-order valence-corrected chi connectivity index (χ3v) is 4.94. The van der Waals surface area contributed by atoms with Crippen LogP contribution in [0.1, 0.15) is 29.4 Å². The highest BCUT2D eigenvalue weighted by Gasteiger charge is 2.24. The van der Waals surface area contributed by atoms with E-state index in [1.807, 2.05) is 7.05 Å². The van der Waals surface area contributed by atoms with E-state index < -0.39 is 0 Å². The number of nitrogen functional groups attached to an aromatic ring is 1. The highest BCUT2D eigenvalue weighted by molar-refractivity contribution is 7.19. The van der Waals surface area contributed by atoms with Gasteiger partial charge in [0.2, 0.25) is 0 Å². The van der Waals surface area contributed by atoms with Gasteiger partial charge in [-0.25, -0.2) is 0 Å². The van der Waals surface area contributed by atoms with Crippen LogP contribution in [0.3, 0.4) is 0 Å². The van der Waals surface area contributed by atoms with Gasteiger partial charge in [0.15, 0.2) is 11.5 Å². The van der Waals surface area contributed by atoms with Gasteiger partial charge in [-0.3, -0.25) is 4.79 Å². The van der Waals surface area contributed by atoms with Gasteiger partial charge in [-0.1, -0.05) is 0 Å². The van der Waals surface area contributed by atoms with Crippen molar-refractivity contribution < 1.29 is 14.3 Å². The maximum atomic E-state index is 11.6. The van der Waals surface area contributed by atoms with E-state index in [0.717, 1.165) is 31.2 Å². The maximum absolute atomic E-state index is 11.6. The van der Waals surface area contributed by atoms with Gasteiger partial charge >= 0.3 is 0 Å². The highest BCUT2D eigenvalue weighted by atomic mass is 32.1. The van der Waals surface area contributed by atoms with Crippen molar-refractivity contribution >= 4 is 27.8 Å². The summed E-state index contributed by atoms with van der Waals surface area (Å²) in [5.41, 5.74) is 6.45. The zero-order valence-corrected chi connectivity index (χ0v) is 13.1. The summed E-state index contributed by atoms with van der Waals surface area (Å²) >= 11 is 1.40. The Balaban J connectivity index is 2.17. The van der Waals surface area contributed by atoms with Crippen molar-refractivity contribution in [1.82, 2.24) is 0 Å². The smallest absolute Gasteiger partial charge is 0.177 e. The fourth-order valence-electron chi connectivity index (χ4n) is 2.55. The average Bonchev–Trinajstić information content (AvgIpc) is 2.77. The van der Waals surface area contributed by atoms with Crippen molar-refractivity contribution in [1.29, 1.82) is 0 Å². The van der Waals surface area contributed by atoms with E-state index >= 15 is 0 Å². The van der Waals surface area contributed by atoms with E-state index in [9.17, 15) is 4.79 Å². The third-order valence-electron chi connectivity index (χ3n) is 3.54. The lowest BCUT2D eigenvalue weighted by atomic mass is 10.0. The van der Waals surface area contributed by atoms with Crippen LogP contribution in [0.4, 0.5) is 10.7 Å². The van der Waals surface area contributed by atoms with Gasteiger partial charge in [0, 0.05) is 27.1 Å². The largest absolute Gasteiger partial charge is 0.492 e. The second-order valence-electron chi connectivity index (χ2n) is 5.20. The Morgan fingerprint density at radius 1 is 1.60 bits per heavy atom. The summed E-state index contributed by atoms with van der Waals surface area (Å²) in [6.07, 6.45) is 2.29. The number of carbonyl (C=O) groups excluding carboxylic acids is 1. The number of thiophene rings is 1. The first-order valence-electron chi connectivity index (χ1n) is 6.80. The second-order valence-corrected chi connectivity index (χ2v) is 6.20. The van der Waals surface area contributed by atoms with Crippen molar-refractivity contribution in [2.24, 2.45) is 5.92 Å². The molecule has 1 aliphatic rings. The summed E-state index contributed by atoms with van der Waals surface area (Å²) in [4.78, 5) is 14.3. The molecule has 1 atom stereocenters. The molecule has 2 N–H and O–H groups in total. The van der Waals surface area contributed by atoms with Crippen LogP contribution in [0.2, 0.25) is 0 Å². The molecule has 1 fully saturated rings. The minimum absolute atomic E-state index is 0.0218. The summed E-state index contributed by atoms with van der Waals surface area (Å²) in [6, 6.07) is 0. The molecular weight excluding hydrogens is 276 g/mol. The van der Waals surface area contributed by atoms with Crippen LogP contribution in [0.5, 0.6) is 5.75 Å². The minimum Gasteiger partial charge on any atom is -0.492 e. The van der Waals surface area contributed by atoms with Crippen LogP contribution in [-0.4, -0.2) is 39.7 Å². The molecule has 1 aromatic heterocycles.